The average Bonchev–Trinajstić information content (AvgIpc) is 2.87. The number of aryl methyl sites for hydroxylation is 1. The van der Waals surface area contributed by atoms with E-state index in [4.69, 9.17) is 15.2 Å². The van der Waals surface area contributed by atoms with Gasteiger partial charge in [-0.05, 0) is 65.8 Å². The van der Waals surface area contributed by atoms with Crippen LogP contribution in [0.1, 0.15) is 46.3 Å². The number of hydrogen-bond donors (Lipinski definition) is 1. The second-order valence-corrected chi connectivity index (χ2v) is 8.97. The van der Waals surface area contributed by atoms with E-state index in [2.05, 4.69) is 0 Å². The van der Waals surface area contributed by atoms with E-state index in [9.17, 15) is 22.4 Å². The van der Waals surface area contributed by atoms with Crippen LogP contribution in [0.3, 0.4) is 0 Å². The fraction of sp³-hybridized carbons (Fsp3) is 0.321. The molecule has 1 aliphatic heterocycles. The highest BCUT2D eigenvalue weighted by Crippen LogP contribution is 2.43. The lowest BCUT2D eigenvalue weighted by atomic mass is 9.86. The molecule has 196 valence electrons. The maximum atomic E-state index is 14.7. The molecule has 2 unspecified atom stereocenters. The summed E-state index contributed by atoms with van der Waals surface area (Å²) in [5.74, 6) is -0.374. The number of carbonyl (C=O) groups is 1. The summed E-state index contributed by atoms with van der Waals surface area (Å²) in [4.78, 5) is 14.7. The highest BCUT2D eigenvalue weighted by atomic mass is 19.4. The number of primary amides is 1. The standard InChI is InChI=1S/C28H28F4N2O3/c1-36-24-14-19-12-13-34(26(27(33)35)18-6-4-3-5-7-18)23(21(19)16-25(24)37-2)11-9-17-8-10-20(15-22(17)29)28(30,31)32/h3-8,10,14-16,23,26H,9,11-13H2,1-2H3,(H2,33,35). The van der Waals surface area contributed by atoms with Crippen LogP contribution in [-0.4, -0.2) is 31.6 Å². The molecule has 3 aromatic carbocycles. The minimum atomic E-state index is -4.63. The van der Waals surface area contributed by atoms with Gasteiger partial charge in [-0.15, -0.1) is 0 Å². The van der Waals surface area contributed by atoms with Gasteiger partial charge in [-0.2, -0.15) is 13.2 Å². The summed E-state index contributed by atoms with van der Waals surface area (Å²) in [7, 11) is 3.07. The fourth-order valence-corrected chi connectivity index (χ4v) is 5.05. The Morgan fingerprint density at radius 3 is 2.32 bits per heavy atom. The number of rotatable bonds is 8. The number of ether oxygens (including phenoxy) is 2. The SMILES string of the molecule is COc1cc2c(cc1OC)C(CCc1ccc(C(F)(F)F)cc1F)N(C(C(N)=O)c1ccccc1)CC2. The Kier molecular flexibility index (Phi) is 7.73. The lowest BCUT2D eigenvalue weighted by molar-refractivity contribution is -0.137. The van der Waals surface area contributed by atoms with Crippen molar-refractivity contribution in [2.24, 2.45) is 5.73 Å². The Balaban J connectivity index is 1.74. The summed E-state index contributed by atoms with van der Waals surface area (Å²) in [6.07, 6.45) is -3.53. The summed E-state index contributed by atoms with van der Waals surface area (Å²) in [5.41, 5.74) is 7.60. The number of nitrogens with zero attached hydrogens (tertiary/aromatic N) is 1. The Bertz CT molecular complexity index is 1260. The lowest BCUT2D eigenvalue weighted by Gasteiger charge is -2.41. The van der Waals surface area contributed by atoms with E-state index in [1.165, 1.54) is 13.2 Å². The van der Waals surface area contributed by atoms with Gasteiger partial charge in [-0.25, -0.2) is 4.39 Å². The molecule has 2 N–H and O–H groups in total. The minimum absolute atomic E-state index is 0.152. The third kappa shape index (κ3) is 5.56. The third-order valence-electron chi connectivity index (χ3n) is 6.83. The van der Waals surface area contributed by atoms with E-state index in [0.29, 0.717) is 37.0 Å². The topological polar surface area (TPSA) is 64.8 Å². The lowest BCUT2D eigenvalue weighted by Crippen LogP contribution is -2.44. The van der Waals surface area contributed by atoms with E-state index in [0.717, 1.165) is 22.8 Å². The number of nitrogens with two attached hydrogens (primary N) is 1. The maximum Gasteiger partial charge on any atom is 0.416 e. The van der Waals surface area contributed by atoms with Crippen molar-refractivity contribution in [2.75, 3.05) is 20.8 Å². The number of alkyl halides is 3. The molecule has 3 aromatic rings. The van der Waals surface area contributed by atoms with Gasteiger partial charge in [0.2, 0.25) is 5.91 Å². The first-order valence-electron chi connectivity index (χ1n) is 11.8. The quantitative estimate of drug-likeness (QED) is 0.395. The number of amides is 1. The van der Waals surface area contributed by atoms with Gasteiger partial charge in [-0.1, -0.05) is 36.4 Å². The third-order valence-corrected chi connectivity index (χ3v) is 6.83. The van der Waals surface area contributed by atoms with Crippen LogP contribution in [0, 0.1) is 5.82 Å². The molecule has 0 fully saturated rings. The van der Waals surface area contributed by atoms with Gasteiger partial charge in [0.1, 0.15) is 11.9 Å². The normalized spacial score (nSPS) is 16.6. The number of halogens is 4. The van der Waals surface area contributed by atoms with E-state index in [1.54, 1.807) is 7.11 Å². The molecular formula is C28H28F4N2O3. The first-order chi connectivity index (χ1) is 17.6. The zero-order valence-corrected chi connectivity index (χ0v) is 20.5. The zero-order valence-electron chi connectivity index (χ0n) is 20.5. The average molecular weight is 517 g/mol. The molecule has 0 radical (unpaired) electrons. The first kappa shape index (κ1) is 26.5. The van der Waals surface area contributed by atoms with Crippen molar-refractivity contribution >= 4 is 5.91 Å². The predicted molar refractivity (Wildman–Crippen MR) is 131 cm³/mol. The van der Waals surface area contributed by atoms with Crippen molar-refractivity contribution in [3.8, 4) is 11.5 Å². The molecule has 1 amide bonds. The van der Waals surface area contributed by atoms with Crippen LogP contribution in [0.5, 0.6) is 11.5 Å². The van der Waals surface area contributed by atoms with E-state index in [1.807, 2.05) is 47.4 Å². The smallest absolute Gasteiger partial charge is 0.416 e. The van der Waals surface area contributed by atoms with Crippen LogP contribution in [0.15, 0.2) is 60.7 Å². The minimum Gasteiger partial charge on any atom is -0.493 e. The van der Waals surface area contributed by atoms with E-state index < -0.39 is 29.5 Å². The molecule has 0 aromatic heterocycles. The summed E-state index contributed by atoms with van der Waals surface area (Å²) < 4.78 is 64.7. The van der Waals surface area contributed by atoms with Crippen molar-refractivity contribution in [3.05, 3.63) is 94.3 Å². The number of hydrogen-bond acceptors (Lipinski definition) is 4. The van der Waals surface area contributed by atoms with Crippen LogP contribution in [0.4, 0.5) is 17.6 Å². The molecule has 0 saturated carbocycles. The highest BCUT2D eigenvalue weighted by molar-refractivity contribution is 5.81. The van der Waals surface area contributed by atoms with Crippen LogP contribution in [-0.2, 0) is 23.8 Å². The second-order valence-electron chi connectivity index (χ2n) is 8.97. The van der Waals surface area contributed by atoms with Crippen molar-refractivity contribution in [1.29, 1.82) is 0 Å². The van der Waals surface area contributed by atoms with Gasteiger partial charge in [-0.3, -0.25) is 9.69 Å². The predicted octanol–water partition coefficient (Wildman–Crippen LogP) is 5.62. The van der Waals surface area contributed by atoms with Crippen molar-refractivity contribution in [1.82, 2.24) is 4.90 Å². The Morgan fingerprint density at radius 1 is 1.05 bits per heavy atom. The van der Waals surface area contributed by atoms with Gasteiger partial charge in [0, 0.05) is 12.6 Å². The monoisotopic (exact) mass is 516 g/mol. The molecule has 9 heteroatoms. The number of carbonyl (C=O) groups excluding carboxylic acids is 1. The van der Waals surface area contributed by atoms with Crippen LogP contribution < -0.4 is 15.2 Å². The van der Waals surface area contributed by atoms with Gasteiger partial charge in [0.25, 0.3) is 0 Å². The van der Waals surface area contributed by atoms with E-state index in [-0.39, 0.29) is 18.0 Å². The second kappa shape index (κ2) is 10.8. The molecule has 0 spiro atoms. The summed E-state index contributed by atoms with van der Waals surface area (Å²) in [6.45, 7) is 0.491. The molecule has 37 heavy (non-hydrogen) atoms. The molecule has 2 atom stereocenters. The molecule has 5 nitrogen and oxygen atoms in total. The van der Waals surface area contributed by atoms with Gasteiger partial charge in [0.05, 0.1) is 19.8 Å². The van der Waals surface area contributed by atoms with Gasteiger partial charge < -0.3 is 15.2 Å². The van der Waals surface area contributed by atoms with Crippen LogP contribution >= 0.6 is 0 Å². The molecule has 1 aliphatic rings. The number of benzene rings is 3. The number of methoxy groups -OCH3 is 2. The summed E-state index contributed by atoms with van der Waals surface area (Å²) in [6, 6.07) is 14.3. The summed E-state index contributed by atoms with van der Waals surface area (Å²) >= 11 is 0. The Hall–Kier alpha value is -3.59. The Morgan fingerprint density at radius 2 is 1.73 bits per heavy atom. The fourth-order valence-electron chi connectivity index (χ4n) is 5.05. The van der Waals surface area contributed by atoms with E-state index >= 15 is 0 Å². The van der Waals surface area contributed by atoms with Crippen molar-refractivity contribution in [3.63, 3.8) is 0 Å². The molecule has 1 heterocycles. The maximum absolute atomic E-state index is 14.7. The zero-order chi connectivity index (χ0) is 26.7. The largest absolute Gasteiger partial charge is 0.493 e. The molecule has 4 rings (SSSR count). The van der Waals surface area contributed by atoms with Gasteiger partial charge >= 0.3 is 6.18 Å². The van der Waals surface area contributed by atoms with Crippen LogP contribution in [0.2, 0.25) is 0 Å². The van der Waals surface area contributed by atoms with Crippen molar-refractivity contribution < 1.29 is 31.8 Å². The highest BCUT2D eigenvalue weighted by Gasteiger charge is 2.37. The molecule has 0 bridgehead atoms. The number of fused-ring (bicyclic) bond motifs is 1. The van der Waals surface area contributed by atoms with Gasteiger partial charge in [0.15, 0.2) is 11.5 Å². The molecule has 0 saturated heterocycles. The molecule has 0 aliphatic carbocycles. The first-order valence-corrected chi connectivity index (χ1v) is 11.8. The Labute approximate surface area is 212 Å². The summed E-state index contributed by atoms with van der Waals surface area (Å²) in [5, 5.41) is 0. The van der Waals surface area contributed by atoms with Crippen LogP contribution in [0.25, 0.3) is 0 Å². The molecular weight excluding hydrogens is 488 g/mol. The van der Waals surface area contributed by atoms with Crippen molar-refractivity contribution in [2.45, 2.75) is 37.5 Å².